The molecule has 0 N–H and O–H groups in total. The summed E-state index contributed by atoms with van der Waals surface area (Å²) >= 11 is 1.67. The van der Waals surface area contributed by atoms with Gasteiger partial charge in [0.25, 0.3) is 0 Å². The van der Waals surface area contributed by atoms with E-state index in [1.165, 1.54) is 10.4 Å². The fourth-order valence-corrected chi connectivity index (χ4v) is 5.98. The molecule has 1 saturated heterocycles. The maximum atomic E-state index is 12.6. The molecule has 25 heavy (non-hydrogen) atoms. The van der Waals surface area contributed by atoms with E-state index in [1.807, 2.05) is 35.7 Å². The van der Waals surface area contributed by atoms with Crippen molar-refractivity contribution >= 4 is 27.1 Å². The number of hydrogen-bond acceptors (Lipinski definition) is 4. The molecule has 0 spiro atoms. The summed E-state index contributed by atoms with van der Waals surface area (Å²) in [6.07, 6.45) is 1.64. The molecule has 6 heteroatoms. The molecule has 1 amide bonds. The highest BCUT2D eigenvalue weighted by Gasteiger charge is 2.32. The second-order valence-corrected chi connectivity index (χ2v) is 9.77. The first-order valence-corrected chi connectivity index (χ1v) is 11.1. The fraction of sp³-hybridized carbons (Fsp3) is 0.421. The van der Waals surface area contributed by atoms with Gasteiger partial charge in [0.2, 0.25) is 5.91 Å². The van der Waals surface area contributed by atoms with Crippen LogP contribution in [0.1, 0.15) is 34.1 Å². The van der Waals surface area contributed by atoms with Crippen LogP contribution in [-0.4, -0.2) is 38.1 Å². The molecule has 1 fully saturated rings. The molecule has 1 atom stereocenters. The lowest BCUT2D eigenvalue weighted by Gasteiger charge is -2.20. The quantitative estimate of drug-likeness (QED) is 0.821. The van der Waals surface area contributed by atoms with Crippen LogP contribution in [0.5, 0.6) is 0 Å². The van der Waals surface area contributed by atoms with Crippen LogP contribution in [0, 0.1) is 6.92 Å². The Morgan fingerprint density at radius 3 is 2.64 bits per heavy atom. The smallest absolute Gasteiger partial charge is 0.222 e. The average molecular weight is 378 g/mol. The molecule has 2 aromatic rings. The Labute approximate surface area is 153 Å². The summed E-state index contributed by atoms with van der Waals surface area (Å²) in [5.41, 5.74) is 2.05. The third-order valence-corrected chi connectivity index (χ3v) is 8.01. The van der Waals surface area contributed by atoms with Crippen molar-refractivity contribution in [3.63, 3.8) is 0 Å². The van der Waals surface area contributed by atoms with Crippen LogP contribution in [-0.2, 0) is 21.1 Å². The standard InChI is InChI=1S/C19H23NO3S2/c1-15-10-13-24-17(15)7-8-19(21)20-11-9-18(25(22,23)14-12-20)16-5-3-2-4-6-16/h2-6,10,13,18H,7-9,11-12,14H2,1H3. The summed E-state index contributed by atoms with van der Waals surface area (Å²) in [6.45, 7) is 2.86. The van der Waals surface area contributed by atoms with E-state index in [0.717, 1.165) is 12.0 Å². The van der Waals surface area contributed by atoms with Gasteiger partial charge in [0, 0.05) is 24.4 Å². The molecule has 1 aliphatic heterocycles. The van der Waals surface area contributed by atoms with Crippen LogP contribution in [0.25, 0.3) is 0 Å². The number of sulfone groups is 1. The molecule has 2 heterocycles. The topological polar surface area (TPSA) is 54.5 Å². The van der Waals surface area contributed by atoms with Gasteiger partial charge in [-0.25, -0.2) is 8.42 Å². The number of nitrogens with zero attached hydrogens (tertiary/aromatic N) is 1. The largest absolute Gasteiger partial charge is 0.342 e. The Kier molecular flexibility index (Phi) is 5.59. The minimum Gasteiger partial charge on any atom is -0.342 e. The van der Waals surface area contributed by atoms with Crippen LogP contribution < -0.4 is 0 Å². The van der Waals surface area contributed by atoms with Gasteiger partial charge in [-0.1, -0.05) is 30.3 Å². The number of carbonyl (C=O) groups excluding carboxylic acids is 1. The SMILES string of the molecule is Cc1ccsc1CCC(=O)N1CCC(c2ccccc2)S(=O)(=O)CC1. The highest BCUT2D eigenvalue weighted by atomic mass is 32.2. The summed E-state index contributed by atoms with van der Waals surface area (Å²) in [5, 5.41) is 1.53. The van der Waals surface area contributed by atoms with Gasteiger partial charge in [0.05, 0.1) is 11.0 Å². The van der Waals surface area contributed by atoms with Gasteiger partial charge in [0.1, 0.15) is 0 Å². The molecule has 1 aromatic heterocycles. The van der Waals surface area contributed by atoms with Crippen molar-refractivity contribution in [2.45, 2.75) is 31.4 Å². The van der Waals surface area contributed by atoms with Crippen molar-refractivity contribution in [1.29, 1.82) is 0 Å². The first kappa shape index (κ1) is 18.1. The fourth-order valence-electron chi connectivity index (χ4n) is 3.27. The number of carbonyl (C=O) groups is 1. The minimum absolute atomic E-state index is 0.0380. The van der Waals surface area contributed by atoms with Gasteiger partial charge in [-0.2, -0.15) is 0 Å². The van der Waals surface area contributed by atoms with Gasteiger partial charge < -0.3 is 4.90 Å². The predicted molar refractivity (Wildman–Crippen MR) is 102 cm³/mol. The molecule has 0 bridgehead atoms. The molecular formula is C19H23NO3S2. The third kappa shape index (κ3) is 4.30. The van der Waals surface area contributed by atoms with E-state index >= 15 is 0 Å². The van der Waals surface area contributed by atoms with Crippen LogP contribution in [0.15, 0.2) is 41.8 Å². The van der Waals surface area contributed by atoms with Crippen molar-refractivity contribution in [1.82, 2.24) is 4.90 Å². The number of hydrogen-bond donors (Lipinski definition) is 0. The maximum absolute atomic E-state index is 12.6. The van der Waals surface area contributed by atoms with E-state index in [0.29, 0.717) is 25.9 Å². The highest BCUT2D eigenvalue weighted by Crippen LogP contribution is 2.29. The third-order valence-electron chi connectivity index (χ3n) is 4.80. The van der Waals surface area contributed by atoms with E-state index in [-0.39, 0.29) is 11.7 Å². The van der Waals surface area contributed by atoms with Crippen molar-refractivity contribution in [3.8, 4) is 0 Å². The van der Waals surface area contributed by atoms with Gasteiger partial charge in [-0.15, -0.1) is 11.3 Å². The van der Waals surface area contributed by atoms with E-state index in [2.05, 4.69) is 13.0 Å². The second kappa shape index (κ2) is 7.70. The highest BCUT2D eigenvalue weighted by molar-refractivity contribution is 7.91. The Morgan fingerprint density at radius 1 is 1.20 bits per heavy atom. The molecule has 1 aromatic carbocycles. The Morgan fingerprint density at radius 2 is 1.96 bits per heavy atom. The molecule has 1 unspecified atom stereocenters. The van der Waals surface area contributed by atoms with E-state index in [4.69, 9.17) is 0 Å². The molecule has 1 aliphatic rings. The molecule has 134 valence electrons. The summed E-state index contributed by atoms with van der Waals surface area (Å²) in [5.74, 6) is 0.0905. The van der Waals surface area contributed by atoms with E-state index in [9.17, 15) is 13.2 Å². The molecule has 0 saturated carbocycles. The molecule has 0 radical (unpaired) electrons. The Balaban J connectivity index is 1.66. The summed E-state index contributed by atoms with van der Waals surface area (Å²) < 4.78 is 25.2. The zero-order chi connectivity index (χ0) is 17.9. The van der Waals surface area contributed by atoms with Crippen molar-refractivity contribution in [2.24, 2.45) is 0 Å². The zero-order valence-electron chi connectivity index (χ0n) is 14.3. The number of benzene rings is 1. The number of thiophene rings is 1. The number of aryl methyl sites for hydroxylation is 2. The Bertz CT molecular complexity index is 827. The van der Waals surface area contributed by atoms with Crippen molar-refractivity contribution in [2.75, 3.05) is 18.8 Å². The lowest BCUT2D eigenvalue weighted by molar-refractivity contribution is -0.130. The lowest BCUT2D eigenvalue weighted by Crippen LogP contribution is -2.33. The maximum Gasteiger partial charge on any atom is 0.222 e. The van der Waals surface area contributed by atoms with Crippen LogP contribution >= 0.6 is 11.3 Å². The molecule has 0 aliphatic carbocycles. The minimum atomic E-state index is -3.24. The summed E-state index contributed by atoms with van der Waals surface area (Å²) in [6, 6.07) is 11.4. The first-order chi connectivity index (χ1) is 12.0. The zero-order valence-corrected chi connectivity index (χ0v) is 16.0. The van der Waals surface area contributed by atoms with Crippen LogP contribution in [0.3, 0.4) is 0 Å². The van der Waals surface area contributed by atoms with Crippen molar-refractivity contribution < 1.29 is 13.2 Å². The van der Waals surface area contributed by atoms with Gasteiger partial charge in [-0.3, -0.25) is 4.79 Å². The van der Waals surface area contributed by atoms with Crippen molar-refractivity contribution in [3.05, 3.63) is 57.8 Å². The molecule has 3 rings (SSSR count). The normalized spacial score (nSPS) is 20.2. The first-order valence-electron chi connectivity index (χ1n) is 8.54. The Hall–Kier alpha value is -1.66. The van der Waals surface area contributed by atoms with Gasteiger partial charge >= 0.3 is 0 Å². The van der Waals surface area contributed by atoms with Gasteiger partial charge in [-0.05, 0) is 42.3 Å². The second-order valence-electron chi connectivity index (χ2n) is 6.46. The summed E-state index contributed by atoms with van der Waals surface area (Å²) in [4.78, 5) is 15.5. The molecular weight excluding hydrogens is 354 g/mol. The lowest BCUT2D eigenvalue weighted by atomic mass is 10.1. The number of amides is 1. The number of rotatable bonds is 4. The van der Waals surface area contributed by atoms with Gasteiger partial charge in [0.15, 0.2) is 9.84 Å². The summed E-state index contributed by atoms with van der Waals surface area (Å²) in [7, 11) is -3.24. The van der Waals surface area contributed by atoms with E-state index in [1.54, 1.807) is 16.2 Å². The molecule has 4 nitrogen and oxygen atoms in total. The average Bonchev–Trinajstić information content (AvgIpc) is 2.93. The van der Waals surface area contributed by atoms with Crippen LogP contribution in [0.4, 0.5) is 0 Å². The van der Waals surface area contributed by atoms with Crippen LogP contribution in [0.2, 0.25) is 0 Å². The van der Waals surface area contributed by atoms with E-state index < -0.39 is 15.1 Å². The predicted octanol–water partition coefficient (Wildman–Crippen LogP) is 3.38. The monoisotopic (exact) mass is 377 g/mol.